The van der Waals surface area contributed by atoms with Gasteiger partial charge < -0.3 is 9.42 Å². The number of rotatable bonds is 4. The second kappa shape index (κ2) is 7.21. The van der Waals surface area contributed by atoms with Crippen LogP contribution in [-0.2, 0) is 5.75 Å². The molecule has 1 unspecified atom stereocenters. The van der Waals surface area contributed by atoms with E-state index in [0.29, 0.717) is 11.8 Å². The lowest BCUT2D eigenvalue weighted by Gasteiger charge is -2.33. The molecule has 0 saturated carbocycles. The molecule has 1 aromatic carbocycles. The summed E-state index contributed by atoms with van der Waals surface area (Å²) in [7, 11) is 0. The van der Waals surface area contributed by atoms with Crippen LogP contribution >= 0.6 is 11.8 Å². The molecule has 0 aliphatic carbocycles. The highest BCUT2D eigenvalue weighted by Gasteiger charge is 2.25. The Hall–Kier alpha value is -1.75. The van der Waals surface area contributed by atoms with Gasteiger partial charge in [0, 0.05) is 23.5 Å². The van der Waals surface area contributed by atoms with Crippen molar-refractivity contribution in [2.45, 2.75) is 49.8 Å². The number of aryl methyl sites for hydroxylation is 1. The Labute approximate surface area is 141 Å². The van der Waals surface area contributed by atoms with Crippen molar-refractivity contribution in [3.05, 3.63) is 47.3 Å². The van der Waals surface area contributed by atoms with Gasteiger partial charge in [-0.3, -0.25) is 4.79 Å². The molecule has 2 heterocycles. The van der Waals surface area contributed by atoms with Crippen LogP contribution in [0.5, 0.6) is 0 Å². The van der Waals surface area contributed by atoms with Gasteiger partial charge in [0.1, 0.15) is 5.76 Å². The Morgan fingerprint density at radius 2 is 2.22 bits per heavy atom. The van der Waals surface area contributed by atoms with Crippen LogP contribution in [0.25, 0.3) is 0 Å². The number of likely N-dealkylation sites (tertiary alicyclic amines) is 1. The van der Waals surface area contributed by atoms with Gasteiger partial charge in [0.2, 0.25) is 0 Å². The van der Waals surface area contributed by atoms with E-state index in [1.54, 1.807) is 11.8 Å². The molecule has 0 radical (unpaired) electrons. The predicted octanol–water partition coefficient (Wildman–Crippen LogP) is 4.29. The Balaban J connectivity index is 1.75. The maximum Gasteiger partial charge on any atom is 0.255 e. The summed E-state index contributed by atoms with van der Waals surface area (Å²) in [6.45, 7) is 4.91. The third-order valence-corrected chi connectivity index (χ3v) is 5.32. The summed E-state index contributed by atoms with van der Waals surface area (Å²) in [5.74, 6) is 1.66. The van der Waals surface area contributed by atoms with Crippen molar-refractivity contribution >= 4 is 17.7 Å². The highest BCUT2D eigenvalue weighted by atomic mass is 32.2. The topological polar surface area (TPSA) is 46.3 Å². The van der Waals surface area contributed by atoms with Gasteiger partial charge in [-0.1, -0.05) is 17.3 Å². The van der Waals surface area contributed by atoms with Crippen molar-refractivity contribution in [3.63, 3.8) is 0 Å². The van der Waals surface area contributed by atoms with E-state index in [2.05, 4.69) is 12.1 Å². The van der Waals surface area contributed by atoms with E-state index in [0.717, 1.165) is 41.3 Å². The van der Waals surface area contributed by atoms with Crippen LogP contribution in [0.3, 0.4) is 0 Å². The summed E-state index contributed by atoms with van der Waals surface area (Å²) < 4.78 is 5.25. The summed E-state index contributed by atoms with van der Waals surface area (Å²) in [4.78, 5) is 15.9. The number of carbonyl (C=O) groups is 1. The maximum absolute atomic E-state index is 12.9. The molecule has 4 nitrogen and oxygen atoms in total. The molecule has 122 valence electrons. The minimum absolute atomic E-state index is 0.147. The largest absolute Gasteiger partial charge is 0.360 e. The Morgan fingerprint density at radius 1 is 1.39 bits per heavy atom. The molecule has 5 heteroatoms. The number of hydrogen-bond acceptors (Lipinski definition) is 4. The average molecular weight is 330 g/mol. The normalized spacial score (nSPS) is 18.2. The molecule has 0 N–H and O–H groups in total. The highest BCUT2D eigenvalue weighted by Crippen LogP contribution is 2.29. The van der Waals surface area contributed by atoms with Crippen LogP contribution in [0.1, 0.15) is 48.0 Å². The first-order valence-corrected chi connectivity index (χ1v) is 9.08. The van der Waals surface area contributed by atoms with Gasteiger partial charge in [-0.05, 0) is 45.2 Å². The molecule has 2 aromatic rings. The molecule has 1 atom stereocenters. The van der Waals surface area contributed by atoms with Gasteiger partial charge in [-0.25, -0.2) is 0 Å². The van der Waals surface area contributed by atoms with E-state index in [1.165, 1.54) is 6.42 Å². The maximum atomic E-state index is 12.9. The first-order valence-electron chi connectivity index (χ1n) is 8.10. The molecular weight excluding hydrogens is 308 g/mol. The number of carbonyl (C=O) groups excluding carboxylic acids is 1. The lowest BCUT2D eigenvalue weighted by molar-refractivity contribution is 0.0632. The zero-order valence-electron chi connectivity index (χ0n) is 13.6. The minimum Gasteiger partial charge on any atom is -0.360 e. The number of piperidine rings is 1. The molecular formula is C18H22N2O2S. The lowest BCUT2D eigenvalue weighted by Crippen LogP contribution is -2.42. The van der Waals surface area contributed by atoms with Crippen LogP contribution in [-0.4, -0.2) is 28.6 Å². The number of benzene rings is 1. The van der Waals surface area contributed by atoms with Gasteiger partial charge in [0.05, 0.1) is 17.0 Å². The van der Waals surface area contributed by atoms with Gasteiger partial charge in [-0.2, -0.15) is 0 Å². The molecule has 1 aliphatic rings. The fourth-order valence-electron chi connectivity index (χ4n) is 2.96. The van der Waals surface area contributed by atoms with E-state index >= 15 is 0 Å². The van der Waals surface area contributed by atoms with E-state index in [-0.39, 0.29) is 5.91 Å². The number of amides is 1. The van der Waals surface area contributed by atoms with Gasteiger partial charge in [-0.15, -0.1) is 11.8 Å². The standard InChI is InChI=1S/C18H22N2O2S/c1-13-11-15(22-19-13)12-23-17-9-4-3-8-16(17)18(21)20-10-6-5-7-14(20)2/h3-4,8-9,11,14H,5-7,10,12H2,1-2H3. The number of aromatic nitrogens is 1. The second-order valence-electron chi connectivity index (χ2n) is 6.06. The van der Waals surface area contributed by atoms with Crippen LogP contribution in [0.15, 0.2) is 39.8 Å². The Kier molecular flexibility index (Phi) is 5.06. The fourth-order valence-corrected chi connectivity index (χ4v) is 3.88. The molecule has 0 spiro atoms. The summed E-state index contributed by atoms with van der Waals surface area (Å²) in [6, 6.07) is 10.1. The molecule has 1 saturated heterocycles. The van der Waals surface area contributed by atoms with Crippen molar-refractivity contribution in [2.75, 3.05) is 6.54 Å². The molecule has 1 aliphatic heterocycles. The van der Waals surface area contributed by atoms with E-state index < -0.39 is 0 Å². The van der Waals surface area contributed by atoms with Crippen molar-refractivity contribution < 1.29 is 9.32 Å². The van der Waals surface area contributed by atoms with Gasteiger partial charge in [0.15, 0.2) is 0 Å². The third kappa shape index (κ3) is 3.78. The third-order valence-electron chi connectivity index (χ3n) is 4.23. The second-order valence-corrected chi connectivity index (χ2v) is 7.08. The molecule has 1 amide bonds. The molecule has 1 fully saturated rings. The first-order chi connectivity index (χ1) is 11.1. The summed E-state index contributed by atoms with van der Waals surface area (Å²) in [6.07, 6.45) is 3.41. The highest BCUT2D eigenvalue weighted by molar-refractivity contribution is 7.98. The number of thioether (sulfide) groups is 1. The SMILES string of the molecule is Cc1cc(CSc2ccccc2C(=O)N2CCCCC2C)on1. The van der Waals surface area contributed by atoms with Crippen LogP contribution in [0, 0.1) is 6.92 Å². The zero-order chi connectivity index (χ0) is 16.2. The first kappa shape index (κ1) is 16.1. The summed E-state index contributed by atoms with van der Waals surface area (Å²) in [5.41, 5.74) is 1.68. The number of nitrogens with zero attached hydrogens (tertiary/aromatic N) is 2. The zero-order valence-corrected chi connectivity index (χ0v) is 14.4. The summed E-state index contributed by atoms with van der Waals surface area (Å²) >= 11 is 1.63. The van der Waals surface area contributed by atoms with Crippen LogP contribution < -0.4 is 0 Å². The minimum atomic E-state index is 0.147. The van der Waals surface area contributed by atoms with Gasteiger partial charge >= 0.3 is 0 Å². The smallest absolute Gasteiger partial charge is 0.255 e. The van der Waals surface area contributed by atoms with Gasteiger partial charge in [0.25, 0.3) is 5.91 Å². The molecule has 23 heavy (non-hydrogen) atoms. The number of hydrogen-bond donors (Lipinski definition) is 0. The molecule has 3 rings (SSSR count). The monoisotopic (exact) mass is 330 g/mol. The van der Waals surface area contributed by atoms with Crippen molar-refractivity contribution in [1.82, 2.24) is 10.1 Å². The van der Waals surface area contributed by atoms with Crippen molar-refractivity contribution in [3.8, 4) is 0 Å². The van der Waals surface area contributed by atoms with Crippen molar-refractivity contribution in [2.24, 2.45) is 0 Å². The fraction of sp³-hybridized carbons (Fsp3) is 0.444. The van der Waals surface area contributed by atoms with E-state index in [9.17, 15) is 4.79 Å². The molecule has 1 aromatic heterocycles. The lowest BCUT2D eigenvalue weighted by atomic mass is 10.0. The predicted molar refractivity (Wildman–Crippen MR) is 91.6 cm³/mol. The Morgan fingerprint density at radius 3 is 2.96 bits per heavy atom. The van der Waals surface area contributed by atoms with Crippen LogP contribution in [0.4, 0.5) is 0 Å². The quantitative estimate of drug-likeness (QED) is 0.785. The molecule has 0 bridgehead atoms. The Bertz CT molecular complexity index is 683. The summed E-state index contributed by atoms with van der Waals surface area (Å²) in [5, 5.41) is 3.91. The van der Waals surface area contributed by atoms with Crippen molar-refractivity contribution in [1.29, 1.82) is 0 Å². The van der Waals surface area contributed by atoms with Crippen LogP contribution in [0.2, 0.25) is 0 Å². The van der Waals surface area contributed by atoms with E-state index in [4.69, 9.17) is 4.52 Å². The average Bonchev–Trinajstić information content (AvgIpc) is 2.98. The van der Waals surface area contributed by atoms with E-state index in [1.807, 2.05) is 42.2 Å².